The Morgan fingerprint density at radius 3 is 2.33 bits per heavy atom. The standard InChI is InChI=1S/C15H17N3O2S/c1-9-5-10(2)18-15(17-9)21-8-11-6-13-14(7-12(11)16)20-4-3-19-13/h5-7H,3-4,8,16H2,1-2H3. The lowest BCUT2D eigenvalue weighted by molar-refractivity contribution is 0.171. The van der Waals surface area contributed by atoms with Crippen LogP contribution in [0.1, 0.15) is 17.0 Å². The maximum Gasteiger partial charge on any atom is 0.188 e. The van der Waals surface area contributed by atoms with Crippen LogP contribution in [-0.2, 0) is 5.75 Å². The first-order valence-corrected chi connectivity index (χ1v) is 7.73. The van der Waals surface area contributed by atoms with Crippen LogP contribution >= 0.6 is 11.8 Å². The van der Waals surface area contributed by atoms with Crippen LogP contribution < -0.4 is 15.2 Å². The van der Waals surface area contributed by atoms with Crippen molar-refractivity contribution < 1.29 is 9.47 Å². The van der Waals surface area contributed by atoms with Crippen molar-refractivity contribution in [3.63, 3.8) is 0 Å². The molecule has 3 rings (SSSR count). The van der Waals surface area contributed by atoms with Gasteiger partial charge in [0.2, 0.25) is 0 Å². The number of fused-ring (bicyclic) bond motifs is 1. The molecule has 0 radical (unpaired) electrons. The third-order valence-electron chi connectivity index (χ3n) is 3.12. The van der Waals surface area contributed by atoms with Crippen molar-refractivity contribution in [3.8, 4) is 11.5 Å². The molecule has 0 bridgehead atoms. The number of ether oxygens (including phenoxy) is 2. The fourth-order valence-electron chi connectivity index (χ4n) is 2.17. The Bertz CT molecular complexity index is 656. The van der Waals surface area contributed by atoms with Gasteiger partial charge in [0.25, 0.3) is 0 Å². The first kappa shape index (κ1) is 14.0. The predicted octanol–water partition coefficient (Wildman–Crippen LogP) is 2.74. The Morgan fingerprint density at radius 1 is 1.05 bits per heavy atom. The third-order valence-corrected chi connectivity index (χ3v) is 4.02. The first-order chi connectivity index (χ1) is 10.1. The summed E-state index contributed by atoms with van der Waals surface area (Å²) < 4.78 is 11.1. The van der Waals surface area contributed by atoms with Crippen molar-refractivity contribution in [2.24, 2.45) is 0 Å². The minimum absolute atomic E-state index is 0.566. The van der Waals surface area contributed by atoms with Gasteiger partial charge in [0.1, 0.15) is 13.2 Å². The molecule has 1 aromatic heterocycles. The summed E-state index contributed by atoms with van der Waals surface area (Å²) in [6, 6.07) is 5.73. The van der Waals surface area contributed by atoms with E-state index in [2.05, 4.69) is 9.97 Å². The van der Waals surface area contributed by atoms with Crippen molar-refractivity contribution in [2.75, 3.05) is 18.9 Å². The topological polar surface area (TPSA) is 70.3 Å². The molecule has 0 unspecified atom stereocenters. The fourth-order valence-corrected chi connectivity index (χ4v) is 3.12. The second-order valence-electron chi connectivity index (χ2n) is 4.92. The van der Waals surface area contributed by atoms with Gasteiger partial charge in [-0.05, 0) is 31.5 Å². The number of hydrogen-bond acceptors (Lipinski definition) is 6. The zero-order valence-corrected chi connectivity index (χ0v) is 12.9. The van der Waals surface area contributed by atoms with E-state index in [1.54, 1.807) is 11.8 Å². The highest BCUT2D eigenvalue weighted by atomic mass is 32.2. The van der Waals surface area contributed by atoms with E-state index in [9.17, 15) is 0 Å². The molecule has 1 aliphatic heterocycles. The highest BCUT2D eigenvalue weighted by Crippen LogP contribution is 2.36. The molecule has 5 nitrogen and oxygen atoms in total. The molecular weight excluding hydrogens is 286 g/mol. The number of aromatic nitrogens is 2. The van der Waals surface area contributed by atoms with Crippen LogP contribution in [0, 0.1) is 13.8 Å². The number of nitrogens with zero attached hydrogens (tertiary/aromatic N) is 2. The number of hydrogen-bond donors (Lipinski definition) is 1. The highest BCUT2D eigenvalue weighted by molar-refractivity contribution is 7.98. The molecule has 1 aromatic carbocycles. The lowest BCUT2D eigenvalue weighted by Crippen LogP contribution is -2.15. The van der Waals surface area contributed by atoms with Gasteiger partial charge in [0.15, 0.2) is 16.7 Å². The minimum Gasteiger partial charge on any atom is -0.486 e. The quantitative estimate of drug-likeness (QED) is 0.534. The number of anilines is 1. The number of benzene rings is 1. The zero-order valence-electron chi connectivity index (χ0n) is 12.0. The van der Waals surface area contributed by atoms with Crippen LogP contribution in [0.15, 0.2) is 23.4 Å². The van der Waals surface area contributed by atoms with Crippen LogP contribution in [0.25, 0.3) is 0 Å². The summed E-state index contributed by atoms with van der Waals surface area (Å²) in [6.07, 6.45) is 0. The number of rotatable bonds is 3. The molecule has 110 valence electrons. The van der Waals surface area contributed by atoms with Crippen LogP contribution in [0.3, 0.4) is 0 Å². The van der Waals surface area contributed by atoms with Gasteiger partial charge in [0, 0.05) is 28.9 Å². The van der Waals surface area contributed by atoms with E-state index in [0.29, 0.717) is 24.7 Å². The van der Waals surface area contributed by atoms with Crippen molar-refractivity contribution >= 4 is 17.4 Å². The van der Waals surface area contributed by atoms with Gasteiger partial charge < -0.3 is 15.2 Å². The van der Waals surface area contributed by atoms with Crippen LogP contribution in [-0.4, -0.2) is 23.2 Å². The van der Waals surface area contributed by atoms with Crippen LogP contribution in [0.5, 0.6) is 11.5 Å². The second-order valence-corrected chi connectivity index (χ2v) is 5.86. The van der Waals surface area contributed by atoms with Gasteiger partial charge in [-0.3, -0.25) is 0 Å². The summed E-state index contributed by atoms with van der Waals surface area (Å²) in [7, 11) is 0. The van der Waals surface area contributed by atoms with E-state index < -0.39 is 0 Å². The number of aryl methyl sites for hydroxylation is 2. The molecule has 21 heavy (non-hydrogen) atoms. The molecule has 2 aromatic rings. The SMILES string of the molecule is Cc1cc(C)nc(SCc2cc3c(cc2N)OCCO3)n1. The average Bonchev–Trinajstić information content (AvgIpc) is 2.44. The Labute approximate surface area is 127 Å². The molecule has 0 aliphatic carbocycles. The molecule has 0 saturated carbocycles. The summed E-state index contributed by atoms with van der Waals surface area (Å²) in [4.78, 5) is 8.84. The van der Waals surface area contributed by atoms with Gasteiger partial charge in [-0.2, -0.15) is 0 Å². The lowest BCUT2D eigenvalue weighted by atomic mass is 10.2. The summed E-state index contributed by atoms with van der Waals surface area (Å²) in [5.41, 5.74) is 9.73. The molecule has 0 amide bonds. The Kier molecular flexibility index (Phi) is 3.88. The van der Waals surface area contributed by atoms with E-state index in [1.807, 2.05) is 32.0 Å². The third kappa shape index (κ3) is 3.21. The normalized spacial score (nSPS) is 13.2. The molecule has 0 fully saturated rings. The van der Waals surface area contributed by atoms with Crippen LogP contribution in [0.2, 0.25) is 0 Å². The fraction of sp³-hybridized carbons (Fsp3) is 0.333. The second kappa shape index (κ2) is 5.81. The molecule has 0 atom stereocenters. The Hall–Kier alpha value is -1.95. The first-order valence-electron chi connectivity index (χ1n) is 6.75. The average molecular weight is 303 g/mol. The smallest absolute Gasteiger partial charge is 0.188 e. The van der Waals surface area contributed by atoms with Gasteiger partial charge in [-0.1, -0.05) is 11.8 Å². The summed E-state index contributed by atoms with van der Waals surface area (Å²) in [5, 5.41) is 0.766. The van der Waals surface area contributed by atoms with Crippen molar-refractivity contribution in [1.29, 1.82) is 0 Å². The summed E-state index contributed by atoms with van der Waals surface area (Å²) in [5.74, 6) is 2.17. The zero-order chi connectivity index (χ0) is 14.8. The van der Waals surface area contributed by atoms with E-state index in [-0.39, 0.29) is 0 Å². The molecule has 2 N–H and O–H groups in total. The van der Waals surface area contributed by atoms with Gasteiger partial charge in [-0.15, -0.1) is 0 Å². The molecule has 0 spiro atoms. The minimum atomic E-state index is 0.566. The molecular formula is C15H17N3O2S. The van der Waals surface area contributed by atoms with E-state index in [0.717, 1.165) is 33.6 Å². The Morgan fingerprint density at radius 2 is 1.67 bits per heavy atom. The molecule has 1 aliphatic rings. The van der Waals surface area contributed by atoms with Gasteiger partial charge in [0.05, 0.1) is 0 Å². The largest absolute Gasteiger partial charge is 0.486 e. The number of thioether (sulfide) groups is 1. The predicted molar refractivity (Wildman–Crippen MR) is 82.9 cm³/mol. The van der Waals surface area contributed by atoms with E-state index in [4.69, 9.17) is 15.2 Å². The summed E-state index contributed by atoms with van der Waals surface area (Å²) in [6.45, 7) is 5.08. The van der Waals surface area contributed by atoms with E-state index >= 15 is 0 Å². The number of nitrogens with two attached hydrogens (primary N) is 1. The van der Waals surface area contributed by atoms with Crippen molar-refractivity contribution in [3.05, 3.63) is 35.2 Å². The van der Waals surface area contributed by atoms with Crippen molar-refractivity contribution in [1.82, 2.24) is 9.97 Å². The Balaban J connectivity index is 1.78. The molecule has 2 heterocycles. The maximum atomic E-state index is 6.08. The van der Waals surface area contributed by atoms with Gasteiger partial charge >= 0.3 is 0 Å². The maximum absolute atomic E-state index is 6.08. The van der Waals surface area contributed by atoms with Gasteiger partial charge in [-0.25, -0.2) is 9.97 Å². The van der Waals surface area contributed by atoms with Crippen molar-refractivity contribution in [2.45, 2.75) is 24.8 Å². The lowest BCUT2D eigenvalue weighted by Gasteiger charge is -2.20. The van der Waals surface area contributed by atoms with Crippen LogP contribution in [0.4, 0.5) is 5.69 Å². The van der Waals surface area contributed by atoms with E-state index in [1.165, 1.54) is 0 Å². The number of nitrogen functional groups attached to an aromatic ring is 1. The molecule has 6 heteroatoms. The highest BCUT2D eigenvalue weighted by Gasteiger charge is 2.15. The monoisotopic (exact) mass is 303 g/mol. The molecule has 0 saturated heterocycles. The summed E-state index contributed by atoms with van der Waals surface area (Å²) >= 11 is 1.57.